The van der Waals surface area contributed by atoms with E-state index in [1.165, 1.54) is 6.92 Å². The maximum Gasteiger partial charge on any atom is 0.225 e. The second-order valence-electron chi connectivity index (χ2n) is 4.73. The van der Waals surface area contributed by atoms with Gasteiger partial charge in [-0.05, 0) is 26.2 Å². The molecule has 0 aromatic heterocycles. The summed E-state index contributed by atoms with van der Waals surface area (Å²) >= 11 is 0. The van der Waals surface area contributed by atoms with Crippen molar-refractivity contribution in [2.24, 2.45) is 5.92 Å². The van der Waals surface area contributed by atoms with Crippen molar-refractivity contribution < 1.29 is 14.7 Å². The number of aliphatic hydroxyl groups excluding tert-OH is 1. The Kier molecular flexibility index (Phi) is 5.41. The van der Waals surface area contributed by atoms with E-state index in [9.17, 15) is 9.59 Å². The average molecular weight is 242 g/mol. The number of piperidine rings is 1. The lowest BCUT2D eigenvalue weighted by Gasteiger charge is -2.31. The molecule has 17 heavy (non-hydrogen) atoms. The predicted octanol–water partition coefficient (Wildman–Crippen LogP) is 0.132. The first-order valence-corrected chi connectivity index (χ1v) is 6.21. The Morgan fingerprint density at radius 2 is 2.24 bits per heavy atom. The third kappa shape index (κ3) is 4.34. The van der Waals surface area contributed by atoms with Crippen molar-refractivity contribution >= 4 is 11.8 Å². The van der Waals surface area contributed by atoms with E-state index in [2.05, 4.69) is 5.32 Å². The van der Waals surface area contributed by atoms with Crippen LogP contribution in [0.5, 0.6) is 0 Å². The second-order valence-corrected chi connectivity index (χ2v) is 4.73. The average Bonchev–Trinajstić information content (AvgIpc) is 2.29. The van der Waals surface area contributed by atoms with Crippen molar-refractivity contribution in [2.45, 2.75) is 39.2 Å². The highest BCUT2D eigenvalue weighted by atomic mass is 16.3. The lowest BCUT2D eigenvalue weighted by atomic mass is 9.96. The second kappa shape index (κ2) is 6.59. The van der Waals surface area contributed by atoms with Crippen molar-refractivity contribution in [1.29, 1.82) is 0 Å². The third-order valence-electron chi connectivity index (χ3n) is 3.19. The van der Waals surface area contributed by atoms with Gasteiger partial charge >= 0.3 is 0 Å². The molecule has 1 fully saturated rings. The first kappa shape index (κ1) is 14.0. The lowest BCUT2D eigenvalue weighted by molar-refractivity contribution is -0.134. The van der Waals surface area contributed by atoms with Crippen LogP contribution in [-0.2, 0) is 9.59 Å². The maximum absolute atomic E-state index is 11.9. The van der Waals surface area contributed by atoms with Gasteiger partial charge in [0.25, 0.3) is 0 Å². The molecule has 0 aliphatic carbocycles. The van der Waals surface area contributed by atoms with E-state index in [4.69, 9.17) is 5.11 Å². The van der Waals surface area contributed by atoms with Gasteiger partial charge in [-0.1, -0.05) is 0 Å². The molecule has 0 aromatic rings. The van der Waals surface area contributed by atoms with Crippen LogP contribution in [0.3, 0.4) is 0 Å². The number of rotatable bonds is 4. The molecule has 2 atom stereocenters. The molecule has 5 heteroatoms. The minimum atomic E-state index is -0.103. The van der Waals surface area contributed by atoms with Crippen molar-refractivity contribution in [3.63, 3.8) is 0 Å². The topological polar surface area (TPSA) is 69.6 Å². The summed E-state index contributed by atoms with van der Waals surface area (Å²) in [5.41, 5.74) is 0. The molecule has 2 amide bonds. The highest BCUT2D eigenvalue weighted by Crippen LogP contribution is 2.16. The summed E-state index contributed by atoms with van der Waals surface area (Å²) in [5, 5.41) is 11.6. The molecule has 2 unspecified atom stereocenters. The molecular weight excluding hydrogens is 220 g/mol. The zero-order chi connectivity index (χ0) is 12.8. The molecule has 1 rings (SSSR count). The fourth-order valence-electron chi connectivity index (χ4n) is 2.10. The van der Waals surface area contributed by atoms with E-state index in [1.807, 2.05) is 6.92 Å². The molecule has 0 spiro atoms. The molecule has 1 saturated heterocycles. The fourth-order valence-corrected chi connectivity index (χ4v) is 2.10. The Balaban J connectivity index is 2.43. The first-order chi connectivity index (χ1) is 8.04. The van der Waals surface area contributed by atoms with Gasteiger partial charge in [0.05, 0.1) is 5.92 Å². The number of nitrogens with one attached hydrogen (secondary N) is 1. The molecule has 5 nitrogen and oxygen atoms in total. The SMILES string of the molecule is CC(=O)N1CCCC(C(=O)NC(C)CCO)C1. The number of likely N-dealkylation sites (tertiary alicyclic amines) is 1. The normalized spacial score (nSPS) is 22.1. The highest BCUT2D eigenvalue weighted by Gasteiger charge is 2.27. The summed E-state index contributed by atoms with van der Waals surface area (Å²) in [4.78, 5) is 24.9. The predicted molar refractivity (Wildman–Crippen MR) is 64.3 cm³/mol. The third-order valence-corrected chi connectivity index (χ3v) is 3.19. The molecule has 1 heterocycles. The largest absolute Gasteiger partial charge is 0.396 e. The number of hydrogen-bond acceptors (Lipinski definition) is 3. The minimum absolute atomic E-state index is 0.00287. The summed E-state index contributed by atoms with van der Waals surface area (Å²) in [6.07, 6.45) is 2.28. The Labute approximate surface area is 102 Å². The van der Waals surface area contributed by atoms with Crippen molar-refractivity contribution in [2.75, 3.05) is 19.7 Å². The molecule has 2 N–H and O–H groups in total. The molecule has 0 aromatic carbocycles. The van der Waals surface area contributed by atoms with E-state index < -0.39 is 0 Å². The van der Waals surface area contributed by atoms with Gasteiger partial charge in [0.2, 0.25) is 11.8 Å². The van der Waals surface area contributed by atoms with E-state index in [0.29, 0.717) is 13.0 Å². The zero-order valence-electron chi connectivity index (χ0n) is 10.6. The van der Waals surface area contributed by atoms with Crippen LogP contribution >= 0.6 is 0 Å². The summed E-state index contributed by atoms with van der Waals surface area (Å²) in [7, 11) is 0. The van der Waals surface area contributed by atoms with E-state index in [1.54, 1.807) is 4.90 Å². The van der Waals surface area contributed by atoms with Crippen LogP contribution in [0.15, 0.2) is 0 Å². The van der Waals surface area contributed by atoms with Crippen LogP contribution in [0.4, 0.5) is 0 Å². The minimum Gasteiger partial charge on any atom is -0.396 e. The molecule has 0 saturated carbocycles. The Morgan fingerprint density at radius 1 is 1.53 bits per heavy atom. The quantitative estimate of drug-likeness (QED) is 0.736. The Bertz CT molecular complexity index is 281. The van der Waals surface area contributed by atoms with Gasteiger partial charge in [-0.15, -0.1) is 0 Å². The van der Waals surface area contributed by atoms with Crippen LogP contribution in [0.1, 0.15) is 33.1 Å². The van der Waals surface area contributed by atoms with Crippen LogP contribution in [-0.4, -0.2) is 47.6 Å². The van der Waals surface area contributed by atoms with Crippen molar-refractivity contribution in [3.8, 4) is 0 Å². The zero-order valence-corrected chi connectivity index (χ0v) is 10.6. The number of aliphatic hydroxyl groups is 1. The number of nitrogens with zero attached hydrogens (tertiary/aromatic N) is 1. The van der Waals surface area contributed by atoms with Crippen LogP contribution in [0.2, 0.25) is 0 Å². The van der Waals surface area contributed by atoms with Crippen LogP contribution in [0, 0.1) is 5.92 Å². The summed E-state index contributed by atoms with van der Waals surface area (Å²) in [6, 6.07) is -0.0137. The standard InChI is InChI=1S/C12H22N2O3/c1-9(5-7-15)13-12(17)11-4-3-6-14(8-11)10(2)16/h9,11,15H,3-8H2,1-2H3,(H,13,17). The van der Waals surface area contributed by atoms with E-state index in [-0.39, 0.29) is 30.4 Å². The first-order valence-electron chi connectivity index (χ1n) is 6.21. The summed E-state index contributed by atoms with van der Waals surface area (Å²) < 4.78 is 0. The molecule has 1 aliphatic heterocycles. The molecular formula is C12H22N2O3. The Hall–Kier alpha value is -1.10. The van der Waals surface area contributed by atoms with Gasteiger partial charge in [-0.25, -0.2) is 0 Å². The maximum atomic E-state index is 11.9. The van der Waals surface area contributed by atoms with E-state index in [0.717, 1.165) is 19.4 Å². The van der Waals surface area contributed by atoms with Gasteiger partial charge in [-0.3, -0.25) is 9.59 Å². The summed E-state index contributed by atoms with van der Waals surface area (Å²) in [5.74, 6) is -0.0726. The monoisotopic (exact) mass is 242 g/mol. The van der Waals surface area contributed by atoms with Crippen molar-refractivity contribution in [3.05, 3.63) is 0 Å². The lowest BCUT2D eigenvalue weighted by Crippen LogP contribution is -2.46. The van der Waals surface area contributed by atoms with Crippen molar-refractivity contribution in [1.82, 2.24) is 10.2 Å². The molecule has 0 radical (unpaired) electrons. The van der Waals surface area contributed by atoms with Gasteiger partial charge in [0, 0.05) is 32.7 Å². The summed E-state index contributed by atoms with van der Waals surface area (Å²) in [6.45, 7) is 4.76. The molecule has 98 valence electrons. The highest BCUT2D eigenvalue weighted by molar-refractivity contribution is 5.80. The van der Waals surface area contributed by atoms with Gasteiger partial charge in [-0.2, -0.15) is 0 Å². The molecule has 0 bridgehead atoms. The fraction of sp³-hybridized carbons (Fsp3) is 0.833. The van der Waals surface area contributed by atoms with Crippen LogP contribution < -0.4 is 5.32 Å². The molecule has 1 aliphatic rings. The van der Waals surface area contributed by atoms with Gasteiger partial charge in [0.1, 0.15) is 0 Å². The van der Waals surface area contributed by atoms with Gasteiger partial charge < -0.3 is 15.3 Å². The number of amides is 2. The smallest absolute Gasteiger partial charge is 0.225 e. The number of carbonyl (C=O) groups is 2. The number of carbonyl (C=O) groups excluding carboxylic acids is 2. The van der Waals surface area contributed by atoms with Gasteiger partial charge in [0.15, 0.2) is 0 Å². The van der Waals surface area contributed by atoms with Crippen LogP contribution in [0.25, 0.3) is 0 Å². The van der Waals surface area contributed by atoms with E-state index >= 15 is 0 Å². The Morgan fingerprint density at radius 3 is 2.82 bits per heavy atom. The number of hydrogen-bond donors (Lipinski definition) is 2.